The normalized spacial score (nSPS) is 14.9. The van der Waals surface area contributed by atoms with Gasteiger partial charge >= 0.3 is 12.0 Å². The highest BCUT2D eigenvalue weighted by molar-refractivity contribution is 5.87. The molecule has 1 aliphatic heterocycles. The van der Waals surface area contributed by atoms with E-state index in [-0.39, 0.29) is 11.6 Å². The van der Waals surface area contributed by atoms with Gasteiger partial charge in [-0.2, -0.15) is 0 Å². The van der Waals surface area contributed by atoms with E-state index in [9.17, 15) is 9.59 Å². The van der Waals surface area contributed by atoms with Gasteiger partial charge in [0.05, 0.1) is 16.6 Å². The first-order valence-electron chi connectivity index (χ1n) is 9.81. The number of likely N-dealkylation sites (tertiary alicyclic amines) is 1. The third-order valence-corrected chi connectivity index (χ3v) is 5.53. The number of urea groups is 1. The van der Waals surface area contributed by atoms with Gasteiger partial charge in [-0.25, -0.2) is 14.6 Å². The summed E-state index contributed by atoms with van der Waals surface area (Å²) < 4.78 is 2.30. The van der Waals surface area contributed by atoms with Crippen molar-refractivity contribution in [3.63, 3.8) is 0 Å². The molecule has 7 nitrogen and oxygen atoms in total. The summed E-state index contributed by atoms with van der Waals surface area (Å²) in [5, 5.41) is 11.9. The van der Waals surface area contributed by atoms with Crippen LogP contribution in [0.1, 0.15) is 40.6 Å². The molecule has 0 saturated carbocycles. The molecular weight excluding hydrogens is 368 g/mol. The fourth-order valence-electron chi connectivity index (χ4n) is 4.01. The SMILES string of the molecule is Cc1nc2ccccc2n1C1CCN(C(=O)NCc2ccc(C(=O)O)cc2)CC1. The number of benzene rings is 2. The van der Waals surface area contributed by atoms with Crippen molar-refractivity contribution in [3.8, 4) is 0 Å². The standard InChI is InChI=1S/C22H24N4O3/c1-15-24-19-4-2-3-5-20(19)26(15)18-10-12-25(13-11-18)22(29)23-14-16-6-8-17(9-7-16)21(27)28/h2-9,18H,10-14H2,1H3,(H,23,29)(H,27,28). The van der Waals surface area contributed by atoms with E-state index >= 15 is 0 Å². The topological polar surface area (TPSA) is 87.5 Å². The van der Waals surface area contributed by atoms with E-state index in [4.69, 9.17) is 5.11 Å². The van der Waals surface area contributed by atoms with Gasteiger partial charge in [0.1, 0.15) is 5.82 Å². The van der Waals surface area contributed by atoms with Crippen molar-refractivity contribution < 1.29 is 14.7 Å². The molecule has 0 bridgehead atoms. The molecule has 1 aromatic heterocycles. The van der Waals surface area contributed by atoms with Gasteiger partial charge in [-0.05, 0) is 49.6 Å². The smallest absolute Gasteiger partial charge is 0.335 e. The number of carboxylic acid groups (broad SMARTS) is 1. The number of aryl methyl sites for hydroxylation is 1. The van der Waals surface area contributed by atoms with E-state index in [2.05, 4.69) is 20.9 Å². The van der Waals surface area contributed by atoms with E-state index in [1.54, 1.807) is 24.3 Å². The van der Waals surface area contributed by atoms with Gasteiger partial charge < -0.3 is 19.9 Å². The number of nitrogens with zero attached hydrogens (tertiary/aromatic N) is 3. The van der Waals surface area contributed by atoms with Gasteiger partial charge in [0.2, 0.25) is 0 Å². The number of piperidine rings is 1. The largest absolute Gasteiger partial charge is 0.478 e. The molecule has 2 N–H and O–H groups in total. The maximum absolute atomic E-state index is 12.5. The van der Waals surface area contributed by atoms with Crippen LogP contribution in [-0.2, 0) is 6.54 Å². The number of para-hydroxylation sites is 2. The summed E-state index contributed by atoms with van der Waals surface area (Å²) in [5.41, 5.74) is 3.28. The maximum Gasteiger partial charge on any atom is 0.335 e. The lowest BCUT2D eigenvalue weighted by Gasteiger charge is -2.33. The Labute approximate surface area is 169 Å². The molecule has 29 heavy (non-hydrogen) atoms. The van der Waals surface area contributed by atoms with Crippen LogP contribution in [0.15, 0.2) is 48.5 Å². The van der Waals surface area contributed by atoms with Crippen LogP contribution >= 0.6 is 0 Å². The molecule has 2 heterocycles. The number of amides is 2. The minimum Gasteiger partial charge on any atom is -0.478 e. The summed E-state index contributed by atoms with van der Waals surface area (Å²) in [6, 6.07) is 15.0. The monoisotopic (exact) mass is 392 g/mol. The van der Waals surface area contributed by atoms with Crippen LogP contribution in [0.5, 0.6) is 0 Å². The van der Waals surface area contributed by atoms with E-state index in [0.29, 0.717) is 25.7 Å². The molecule has 1 aliphatic rings. The molecule has 4 rings (SSSR count). The molecule has 2 aromatic carbocycles. The number of aromatic nitrogens is 2. The molecule has 2 amide bonds. The highest BCUT2D eigenvalue weighted by Crippen LogP contribution is 2.28. The van der Waals surface area contributed by atoms with Crippen molar-refractivity contribution in [3.05, 3.63) is 65.5 Å². The van der Waals surface area contributed by atoms with Crippen molar-refractivity contribution >= 4 is 23.0 Å². The Kier molecular flexibility index (Phi) is 5.20. The lowest BCUT2D eigenvalue weighted by molar-refractivity contribution is 0.0697. The van der Waals surface area contributed by atoms with E-state index in [1.807, 2.05) is 30.0 Å². The van der Waals surface area contributed by atoms with Gasteiger partial charge in [-0.3, -0.25) is 0 Å². The highest BCUT2D eigenvalue weighted by atomic mass is 16.4. The number of aromatic carboxylic acids is 1. The number of hydrogen-bond acceptors (Lipinski definition) is 3. The number of imidazole rings is 1. The Morgan fingerprint density at radius 1 is 1.10 bits per heavy atom. The first-order valence-corrected chi connectivity index (χ1v) is 9.81. The first kappa shape index (κ1) is 19.0. The van der Waals surface area contributed by atoms with Gasteiger partial charge in [-0.1, -0.05) is 24.3 Å². The lowest BCUT2D eigenvalue weighted by atomic mass is 10.0. The van der Waals surface area contributed by atoms with Crippen LogP contribution in [0.2, 0.25) is 0 Å². The molecular formula is C22H24N4O3. The zero-order valence-corrected chi connectivity index (χ0v) is 16.3. The molecule has 1 saturated heterocycles. The Balaban J connectivity index is 1.33. The molecule has 1 fully saturated rings. The van der Waals surface area contributed by atoms with Crippen LogP contribution in [0.25, 0.3) is 11.0 Å². The molecule has 3 aromatic rings. The first-order chi connectivity index (χ1) is 14.0. The molecule has 0 atom stereocenters. The number of nitrogens with one attached hydrogen (secondary N) is 1. The Morgan fingerprint density at radius 2 is 1.79 bits per heavy atom. The zero-order valence-electron chi connectivity index (χ0n) is 16.3. The molecule has 0 aliphatic carbocycles. The summed E-state index contributed by atoms with van der Waals surface area (Å²) in [4.78, 5) is 29.9. The van der Waals surface area contributed by atoms with Crippen LogP contribution in [0.3, 0.4) is 0 Å². The molecule has 0 spiro atoms. The van der Waals surface area contributed by atoms with Crippen molar-refractivity contribution in [2.45, 2.75) is 32.4 Å². The summed E-state index contributed by atoms with van der Waals surface area (Å²) in [6.07, 6.45) is 1.78. The Morgan fingerprint density at radius 3 is 2.48 bits per heavy atom. The second kappa shape index (κ2) is 7.95. The van der Waals surface area contributed by atoms with Crippen LogP contribution in [0.4, 0.5) is 4.79 Å². The quantitative estimate of drug-likeness (QED) is 0.710. The van der Waals surface area contributed by atoms with Crippen LogP contribution < -0.4 is 5.32 Å². The van der Waals surface area contributed by atoms with Crippen LogP contribution in [-0.4, -0.2) is 44.6 Å². The fraction of sp³-hybridized carbons (Fsp3) is 0.318. The molecule has 0 unspecified atom stereocenters. The van der Waals surface area contributed by atoms with E-state index in [1.165, 1.54) is 0 Å². The van der Waals surface area contributed by atoms with E-state index < -0.39 is 5.97 Å². The Hall–Kier alpha value is -3.35. The second-order valence-corrected chi connectivity index (χ2v) is 7.40. The summed E-state index contributed by atoms with van der Waals surface area (Å²) in [7, 11) is 0. The van der Waals surface area contributed by atoms with Crippen molar-refractivity contribution in [2.24, 2.45) is 0 Å². The summed E-state index contributed by atoms with van der Waals surface area (Å²) in [5.74, 6) is 0.0586. The molecule has 150 valence electrons. The minimum absolute atomic E-state index is 0.0852. The number of carbonyl (C=O) groups excluding carboxylic acids is 1. The van der Waals surface area contributed by atoms with Crippen LogP contribution in [0, 0.1) is 6.92 Å². The van der Waals surface area contributed by atoms with Gasteiger partial charge in [0.25, 0.3) is 0 Å². The predicted molar refractivity (Wildman–Crippen MR) is 110 cm³/mol. The average Bonchev–Trinajstić information content (AvgIpc) is 3.08. The number of carboxylic acids is 1. The predicted octanol–water partition coefficient (Wildman–Crippen LogP) is 3.59. The third-order valence-electron chi connectivity index (χ3n) is 5.53. The number of hydrogen-bond donors (Lipinski definition) is 2. The number of rotatable bonds is 4. The Bertz CT molecular complexity index is 1030. The summed E-state index contributed by atoms with van der Waals surface area (Å²) in [6.45, 7) is 3.80. The summed E-state index contributed by atoms with van der Waals surface area (Å²) >= 11 is 0. The van der Waals surface area contributed by atoms with Crippen molar-refractivity contribution in [2.75, 3.05) is 13.1 Å². The maximum atomic E-state index is 12.5. The highest BCUT2D eigenvalue weighted by Gasteiger charge is 2.25. The van der Waals surface area contributed by atoms with Gasteiger partial charge in [0, 0.05) is 25.7 Å². The fourth-order valence-corrected chi connectivity index (χ4v) is 4.01. The zero-order chi connectivity index (χ0) is 20.4. The minimum atomic E-state index is -0.954. The molecule has 7 heteroatoms. The van der Waals surface area contributed by atoms with Gasteiger partial charge in [-0.15, -0.1) is 0 Å². The third kappa shape index (κ3) is 3.94. The van der Waals surface area contributed by atoms with Gasteiger partial charge in [0.15, 0.2) is 0 Å². The number of fused-ring (bicyclic) bond motifs is 1. The van der Waals surface area contributed by atoms with E-state index in [0.717, 1.165) is 35.3 Å². The average molecular weight is 392 g/mol. The molecule has 0 radical (unpaired) electrons. The second-order valence-electron chi connectivity index (χ2n) is 7.40. The lowest BCUT2D eigenvalue weighted by Crippen LogP contribution is -2.44. The van der Waals surface area contributed by atoms with Crippen molar-refractivity contribution in [1.29, 1.82) is 0 Å². The van der Waals surface area contributed by atoms with Crippen molar-refractivity contribution in [1.82, 2.24) is 19.8 Å². The number of carbonyl (C=O) groups is 2.